The summed E-state index contributed by atoms with van der Waals surface area (Å²) in [6.45, 7) is 2.47. The molecule has 2 aromatic carbocycles. The van der Waals surface area contributed by atoms with Gasteiger partial charge in [-0.25, -0.2) is 8.42 Å². The first-order valence-electron chi connectivity index (χ1n) is 9.29. The summed E-state index contributed by atoms with van der Waals surface area (Å²) in [5.74, 6) is 0. The molecular weight excluding hydrogens is 457 g/mol. The molecule has 1 saturated heterocycles. The fourth-order valence-corrected chi connectivity index (χ4v) is 4.94. The Kier molecular flexibility index (Phi) is 5.75. The number of alkyl halides is 3. The molecule has 0 spiro atoms. The average Bonchev–Trinajstić information content (AvgIpc) is 3.28. The van der Waals surface area contributed by atoms with E-state index in [1.54, 1.807) is 12.4 Å². The number of halogens is 4. The van der Waals surface area contributed by atoms with Crippen LogP contribution in [0.2, 0.25) is 5.02 Å². The van der Waals surface area contributed by atoms with Crippen molar-refractivity contribution in [3.8, 4) is 0 Å². The largest absolute Gasteiger partial charge is 0.417 e. The van der Waals surface area contributed by atoms with Crippen LogP contribution in [0.3, 0.4) is 0 Å². The fraction of sp³-hybridized carbons (Fsp3) is 0.316. The molecule has 1 N–H and O–H groups in total. The molecule has 0 saturated carbocycles. The van der Waals surface area contributed by atoms with Crippen molar-refractivity contribution >= 4 is 39.2 Å². The lowest BCUT2D eigenvalue weighted by Gasteiger charge is -2.32. The SMILES string of the molecule is O=S(=O)(c1ccc(N2C=NNC2)c(N2CCOCC2)c1)c1ccc(Cl)c(C(F)(F)F)c1. The Bertz CT molecular complexity index is 1120. The predicted octanol–water partition coefficient (Wildman–Crippen LogP) is 3.34. The number of nitrogens with zero attached hydrogens (tertiary/aromatic N) is 3. The van der Waals surface area contributed by atoms with Crippen molar-refractivity contribution in [2.75, 3.05) is 42.8 Å². The van der Waals surface area contributed by atoms with Gasteiger partial charge in [0.25, 0.3) is 0 Å². The van der Waals surface area contributed by atoms with Gasteiger partial charge in [-0.1, -0.05) is 11.6 Å². The number of benzene rings is 2. The first-order valence-corrected chi connectivity index (χ1v) is 11.2. The summed E-state index contributed by atoms with van der Waals surface area (Å²) in [4.78, 5) is 3.20. The van der Waals surface area contributed by atoms with Crippen molar-refractivity contribution in [2.24, 2.45) is 5.10 Å². The second-order valence-electron chi connectivity index (χ2n) is 6.92. The standard InChI is InChI=1S/C19H18ClF3N4O3S/c20-16-3-1-13(9-15(16)19(21,22)23)31(28,29)14-2-4-17(27-11-24-25-12-27)18(10-14)26-5-7-30-8-6-26/h1-4,9-11,25H,5-8,12H2. The Morgan fingerprint density at radius 2 is 1.71 bits per heavy atom. The number of rotatable bonds is 4. The monoisotopic (exact) mass is 474 g/mol. The maximum atomic E-state index is 13.2. The summed E-state index contributed by atoms with van der Waals surface area (Å²) in [5.41, 5.74) is 2.97. The topological polar surface area (TPSA) is 74.2 Å². The molecule has 0 unspecified atom stereocenters. The molecular formula is C19H18ClF3N4O3S. The fourth-order valence-electron chi connectivity index (χ4n) is 3.41. The molecule has 0 atom stereocenters. The number of nitrogens with one attached hydrogen (secondary N) is 1. The Morgan fingerprint density at radius 3 is 2.35 bits per heavy atom. The van der Waals surface area contributed by atoms with Crippen LogP contribution in [0.15, 0.2) is 51.3 Å². The summed E-state index contributed by atoms with van der Waals surface area (Å²) in [6, 6.07) is 7.06. The Balaban J connectivity index is 1.79. The summed E-state index contributed by atoms with van der Waals surface area (Å²) in [5, 5.41) is 3.40. The molecule has 2 aromatic rings. The Morgan fingerprint density at radius 1 is 1.03 bits per heavy atom. The van der Waals surface area contributed by atoms with E-state index < -0.39 is 31.5 Å². The van der Waals surface area contributed by atoms with E-state index in [4.69, 9.17) is 16.3 Å². The van der Waals surface area contributed by atoms with Gasteiger partial charge in [-0.3, -0.25) is 5.43 Å². The van der Waals surface area contributed by atoms with Crippen LogP contribution in [-0.2, 0) is 20.8 Å². The molecule has 0 bridgehead atoms. The maximum Gasteiger partial charge on any atom is 0.417 e. The van der Waals surface area contributed by atoms with Gasteiger partial charge in [0.1, 0.15) is 13.0 Å². The van der Waals surface area contributed by atoms with E-state index in [-0.39, 0.29) is 4.90 Å². The van der Waals surface area contributed by atoms with E-state index in [9.17, 15) is 21.6 Å². The van der Waals surface area contributed by atoms with Gasteiger partial charge in [0.05, 0.1) is 45.0 Å². The summed E-state index contributed by atoms with van der Waals surface area (Å²) >= 11 is 5.64. The molecule has 12 heteroatoms. The third-order valence-electron chi connectivity index (χ3n) is 5.00. The highest BCUT2D eigenvalue weighted by molar-refractivity contribution is 7.91. The van der Waals surface area contributed by atoms with E-state index in [1.807, 2.05) is 9.80 Å². The third-order valence-corrected chi connectivity index (χ3v) is 7.08. The number of hydrogen-bond acceptors (Lipinski definition) is 7. The maximum absolute atomic E-state index is 13.2. The number of ether oxygens (including phenoxy) is 1. The molecule has 0 radical (unpaired) electrons. The van der Waals surface area contributed by atoms with Crippen LogP contribution in [0.25, 0.3) is 0 Å². The van der Waals surface area contributed by atoms with Crippen molar-refractivity contribution in [3.05, 3.63) is 47.0 Å². The number of sulfone groups is 1. The second kappa shape index (κ2) is 8.21. The van der Waals surface area contributed by atoms with E-state index in [2.05, 4.69) is 10.5 Å². The van der Waals surface area contributed by atoms with Crippen LogP contribution >= 0.6 is 11.6 Å². The number of hydrazone groups is 1. The molecule has 0 aromatic heterocycles. The van der Waals surface area contributed by atoms with Gasteiger partial charge in [-0.15, -0.1) is 0 Å². The zero-order chi connectivity index (χ0) is 22.2. The van der Waals surface area contributed by atoms with Crippen molar-refractivity contribution in [1.82, 2.24) is 5.43 Å². The van der Waals surface area contributed by atoms with Crippen LogP contribution < -0.4 is 15.2 Å². The van der Waals surface area contributed by atoms with Crippen LogP contribution in [0, 0.1) is 0 Å². The number of hydrogen-bond donors (Lipinski definition) is 1. The lowest BCUT2D eigenvalue weighted by atomic mass is 10.2. The first-order chi connectivity index (χ1) is 14.7. The summed E-state index contributed by atoms with van der Waals surface area (Å²) in [7, 11) is -4.22. The molecule has 0 aliphatic carbocycles. The van der Waals surface area contributed by atoms with Gasteiger partial charge in [0, 0.05) is 13.1 Å². The van der Waals surface area contributed by atoms with Gasteiger partial charge in [0.2, 0.25) is 9.84 Å². The minimum absolute atomic E-state index is 0.114. The van der Waals surface area contributed by atoms with Gasteiger partial charge >= 0.3 is 6.18 Å². The Hall–Kier alpha value is -2.50. The molecule has 2 aliphatic heterocycles. The van der Waals surface area contributed by atoms with Gasteiger partial charge in [-0.05, 0) is 36.4 Å². The lowest BCUT2D eigenvalue weighted by Crippen LogP contribution is -2.37. The average molecular weight is 475 g/mol. The van der Waals surface area contributed by atoms with Gasteiger partial charge < -0.3 is 14.5 Å². The molecule has 4 rings (SSSR count). The smallest absolute Gasteiger partial charge is 0.378 e. The number of morpholine rings is 1. The molecule has 166 valence electrons. The highest BCUT2D eigenvalue weighted by atomic mass is 35.5. The third kappa shape index (κ3) is 4.30. The van der Waals surface area contributed by atoms with Crippen LogP contribution in [0.4, 0.5) is 24.5 Å². The minimum atomic E-state index is -4.77. The van der Waals surface area contributed by atoms with E-state index >= 15 is 0 Å². The predicted molar refractivity (Wildman–Crippen MR) is 110 cm³/mol. The van der Waals surface area contributed by atoms with Crippen molar-refractivity contribution in [1.29, 1.82) is 0 Å². The number of anilines is 2. The molecule has 1 fully saturated rings. The highest BCUT2D eigenvalue weighted by Gasteiger charge is 2.35. The van der Waals surface area contributed by atoms with Crippen LogP contribution in [0.5, 0.6) is 0 Å². The Labute approximate surface area is 182 Å². The minimum Gasteiger partial charge on any atom is -0.378 e. The summed E-state index contributed by atoms with van der Waals surface area (Å²) < 4.78 is 71.4. The molecule has 7 nitrogen and oxygen atoms in total. The van der Waals surface area contributed by atoms with E-state index in [0.29, 0.717) is 44.7 Å². The normalized spacial score (nSPS) is 17.2. The summed E-state index contributed by atoms with van der Waals surface area (Å²) in [6.07, 6.45) is -3.18. The van der Waals surface area contributed by atoms with Crippen molar-refractivity contribution in [2.45, 2.75) is 16.0 Å². The molecule has 31 heavy (non-hydrogen) atoms. The van der Waals surface area contributed by atoms with Crippen LogP contribution in [0.1, 0.15) is 5.56 Å². The first kappa shape index (κ1) is 21.7. The van der Waals surface area contributed by atoms with E-state index in [1.165, 1.54) is 12.1 Å². The lowest BCUT2D eigenvalue weighted by molar-refractivity contribution is -0.137. The second-order valence-corrected chi connectivity index (χ2v) is 9.28. The zero-order valence-electron chi connectivity index (χ0n) is 16.1. The molecule has 2 aliphatic rings. The quantitative estimate of drug-likeness (QED) is 0.732. The van der Waals surface area contributed by atoms with Gasteiger partial charge in [-0.2, -0.15) is 18.3 Å². The molecule has 0 amide bonds. The van der Waals surface area contributed by atoms with Crippen molar-refractivity contribution in [3.63, 3.8) is 0 Å². The van der Waals surface area contributed by atoms with Gasteiger partial charge in [0.15, 0.2) is 0 Å². The van der Waals surface area contributed by atoms with Crippen molar-refractivity contribution < 1.29 is 26.3 Å². The van der Waals surface area contributed by atoms with Crippen LogP contribution in [-0.4, -0.2) is 47.7 Å². The zero-order valence-corrected chi connectivity index (χ0v) is 17.6. The van der Waals surface area contributed by atoms with E-state index in [0.717, 1.165) is 17.8 Å². The highest BCUT2D eigenvalue weighted by Crippen LogP contribution is 2.38. The molecule has 2 heterocycles.